The number of nitrogen functional groups attached to an aromatic ring is 1. The minimum absolute atomic E-state index is 0.412. The van der Waals surface area contributed by atoms with Gasteiger partial charge in [0.25, 0.3) is 0 Å². The summed E-state index contributed by atoms with van der Waals surface area (Å²) in [5.74, 6) is 0.861. The van der Waals surface area contributed by atoms with Crippen LogP contribution in [0.1, 0.15) is 13.8 Å². The fourth-order valence-corrected chi connectivity index (χ4v) is 1.88. The molecule has 1 aromatic carbocycles. The van der Waals surface area contributed by atoms with Crippen molar-refractivity contribution in [3.05, 3.63) is 24.3 Å². The minimum Gasteiger partial charge on any atom is -0.492 e. The summed E-state index contributed by atoms with van der Waals surface area (Å²) in [7, 11) is 1.73. The normalized spacial score (nSPS) is 12.7. The Labute approximate surface area is 110 Å². The number of hydrogen-bond acceptors (Lipinski definition) is 4. The average Bonchev–Trinajstić information content (AvgIpc) is 2.37. The summed E-state index contributed by atoms with van der Waals surface area (Å²) < 4.78 is 10.9. The lowest BCUT2D eigenvalue weighted by atomic mass is 10.3. The molecule has 0 bridgehead atoms. The topological polar surface area (TPSA) is 47.7 Å². The number of rotatable bonds is 8. The SMILES string of the molecule is CCN(CCOc1ccc(N)cc1)C(C)COC. The Kier molecular flexibility index (Phi) is 6.54. The van der Waals surface area contributed by atoms with Crippen LogP contribution in [0.25, 0.3) is 0 Å². The van der Waals surface area contributed by atoms with E-state index >= 15 is 0 Å². The summed E-state index contributed by atoms with van der Waals surface area (Å²) in [6, 6.07) is 7.89. The van der Waals surface area contributed by atoms with Gasteiger partial charge in [-0.15, -0.1) is 0 Å². The maximum atomic E-state index is 5.68. The van der Waals surface area contributed by atoms with E-state index in [4.69, 9.17) is 15.2 Å². The molecular weight excluding hydrogens is 228 g/mol. The van der Waals surface area contributed by atoms with Gasteiger partial charge in [0.2, 0.25) is 0 Å². The molecule has 1 aromatic rings. The summed E-state index contributed by atoms with van der Waals surface area (Å²) in [4.78, 5) is 2.33. The van der Waals surface area contributed by atoms with E-state index in [1.165, 1.54) is 0 Å². The Balaban J connectivity index is 2.32. The van der Waals surface area contributed by atoms with Crippen LogP contribution in [0.5, 0.6) is 5.75 Å². The third-order valence-corrected chi connectivity index (χ3v) is 2.96. The number of nitrogens with zero attached hydrogens (tertiary/aromatic N) is 1. The molecule has 0 amide bonds. The van der Waals surface area contributed by atoms with Gasteiger partial charge in [0.15, 0.2) is 0 Å². The molecule has 1 unspecified atom stereocenters. The van der Waals surface area contributed by atoms with E-state index in [2.05, 4.69) is 18.7 Å². The second kappa shape index (κ2) is 7.95. The first kappa shape index (κ1) is 14.8. The molecule has 2 N–H and O–H groups in total. The second-order valence-corrected chi connectivity index (χ2v) is 4.35. The predicted octanol–water partition coefficient (Wildman–Crippen LogP) is 2.00. The molecule has 0 fully saturated rings. The zero-order valence-electron chi connectivity index (χ0n) is 11.6. The molecule has 0 heterocycles. The van der Waals surface area contributed by atoms with E-state index < -0.39 is 0 Å². The molecule has 0 aromatic heterocycles. The van der Waals surface area contributed by atoms with Gasteiger partial charge in [-0.25, -0.2) is 0 Å². The molecule has 0 aliphatic rings. The van der Waals surface area contributed by atoms with Crippen molar-refractivity contribution >= 4 is 5.69 Å². The van der Waals surface area contributed by atoms with E-state index in [0.717, 1.165) is 31.1 Å². The average molecular weight is 252 g/mol. The van der Waals surface area contributed by atoms with Crippen LogP contribution in [0.3, 0.4) is 0 Å². The molecule has 0 saturated carbocycles. The molecule has 0 aliphatic carbocycles. The number of anilines is 1. The van der Waals surface area contributed by atoms with Crippen molar-refractivity contribution in [2.75, 3.05) is 39.1 Å². The Bertz CT molecular complexity index is 327. The Hall–Kier alpha value is -1.26. The highest BCUT2D eigenvalue weighted by atomic mass is 16.5. The van der Waals surface area contributed by atoms with Crippen LogP contribution in [-0.4, -0.2) is 44.4 Å². The van der Waals surface area contributed by atoms with Crippen molar-refractivity contribution in [1.82, 2.24) is 4.90 Å². The Morgan fingerprint density at radius 2 is 1.94 bits per heavy atom. The molecule has 0 radical (unpaired) electrons. The van der Waals surface area contributed by atoms with E-state index in [1.807, 2.05) is 24.3 Å². The van der Waals surface area contributed by atoms with Gasteiger partial charge in [-0.3, -0.25) is 4.90 Å². The van der Waals surface area contributed by atoms with Gasteiger partial charge >= 0.3 is 0 Å². The summed E-state index contributed by atoms with van der Waals surface area (Å²) in [5.41, 5.74) is 6.38. The number of nitrogens with two attached hydrogens (primary N) is 1. The highest BCUT2D eigenvalue weighted by molar-refractivity contribution is 5.41. The quantitative estimate of drug-likeness (QED) is 0.719. The van der Waals surface area contributed by atoms with Crippen molar-refractivity contribution < 1.29 is 9.47 Å². The van der Waals surface area contributed by atoms with E-state index in [1.54, 1.807) is 7.11 Å². The Morgan fingerprint density at radius 1 is 1.28 bits per heavy atom. The van der Waals surface area contributed by atoms with Gasteiger partial charge in [-0.05, 0) is 37.7 Å². The fourth-order valence-electron chi connectivity index (χ4n) is 1.88. The lowest BCUT2D eigenvalue weighted by Crippen LogP contribution is -2.38. The van der Waals surface area contributed by atoms with Crippen molar-refractivity contribution in [1.29, 1.82) is 0 Å². The van der Waals surface area contributed by atoms with E-state index in [-0.39, 0.29) is 0 Å². The van der Waals surface area contributed by atoms with E-state index in [0.29, 0.717) is 12.6 Å². The maximum Gasteiger partial charge on any atom is 0.119 e. The van der Waals surface area contributed by atoms with Crippen LogP contribution in [0.2, 0.25) is 0 Å². The molecule has 18 heavy (non-hydrogen) atoms. The van der Waals surface area contributed by atoms with Crippen LogP contribution in [0.15, 0.2) is 24.3 Å². The number of hydrogen-bond donors (Lipinski definition) is 1. The third kappa shape index (κ3) is 4.94. The molecule has 0 aliphatic heterocycles. The highest BCUT2D eigenvalue weighted by Gasteiger charge is 2.11. The molecule has 0 saturated heterocycles. The largest absolute Gasteiger partial charge is 0.492 e. The van der Waals surface area contributed by atoms with Gasteiger partial charge in [-0.1, -0.05) is 6.92 Å². The Morgan fingerprint density at radius 3 is 2.50 bits per heavy atom. The monoisotopic (exact) mass is 252 g/mol. The van der Waals surface area contributed by atoms with Crippen LogP contribution >= 0.6 is 0 Å². The van der Waals surface area contributed by atoms with Crippen LogP contribution in [0.4, 0.5) is 5.69 Å². The van der Waals surface area contributed by atoms with Gasteiger partial charge in [-0.2, -0.15) is 0 Å². The highest BCUT2D eigenvalue weighted by Crippen LogP contribution is 2.13. The minimum atomic E-state index is 0.412. The zero-order valence-corrected chi connectivity index (χ0v) is 11.6. The van der Waals surface area contributed by atoms with E-state index in [9.17, 15) is 0 Å². The molecule has 4 nitrogen and oxygen atoms in total. The smallest absolute Gasteiger partial charge is 0.119 e. The van der Waals surface area contributed by atoms with Crippen molar-refractivity contribution in [2.45, 2.75) is 19.9 Å². The first-order valence-electron chi connectivity index (χ1n) is 6.38. The first-order valence-corrected chi connectivity index (χ1v) is 6.38. The predicted molar refractivity (Wildman–Crippen MR) is 74.9 cm³/mol. The maximum absolute atomic E-state index is 5.68. The summed E-state index contributed by atoms with van der Waals surface area (Å²) >= 11 is 0. The van der Waals surface area contributed by atoms with Crippen molar-refractivity contribution in [3.63, 3.8) is 0 Å². The van der Waals surface area contributed by atoms with Crippen molar-refractivity contribution in [2.24, 2.45) is 0 Å². The summed E-state index contributed by atoms with van der Waals surface area (Å²) in [5, 5.41) is 0. The second-order valence-electron chi connectivity index (χ2n) is 4.35. The van der Waals surface area contributed by atoms with Crippen LogP contribution < -0.4 is 10.5 Å². The molecule has 1 rings (SSSR count). The summed E-state index contributed by atoms with van der Waals surface area (Å²) in [6.45, 7) is 7.62. The van der Waals surface area contributed by atoms with Crippen LogP contribution in [-0.2, 0) is 4.74 Å². The van der Waals surface area contributed by atoms with Gasteiger partial charge in [0.1, 0.15) is 12.4 Å². The molecular formula is C14H24N2O2. The number of benzene rings is 1. The molecule has 102 valence electrons. The zero-order chi connectivity index (χ0) is 13.4. The molecule has 1 atom stereocenters. The lowest BCUT2D eigenvalue weighted by molar-refractivity contribution is 0.0920. The van der Waals surface area contributed by atoms with Gasteiger partial charge in [0, 0.05) is 25.4 Å². The third-order valence-electron chi connectivity index (χ3n) is 2.96. The van der Waals surface area contributed by atoms with Crippen LogP contribution in [0, 0.1) is 0 Å². The summed E-state index contributed by atoms with van der Waals surface area (Å²) in [6.07, 6.45) is 0. The lowest BCUT2D eigenvalue weighted by Gasteiger charge is -2.27. The van der Waals surface area contributed by atoms with Gasteiger partial charge in [0.05, 0.1) is 6.61 Å². The number of likely N-dealkylation sites (N-methyl/N-ethyl adjacent to an activating group) is 1. The fraction of sp³-hybridized carbons (Fsp3) is 0.571. The van der Waals surface area contributed by atoms with Crippen molar-refractivity contribution in [3.8, 4) is 5.75 Å². The first-order chi connectivity index (χ1) is 8.67. The standard InChI is InChI=1S/C14H24N2O2/c1-4-16(12(2)11-17-3)9-10-18-14-7-5-13(15)6-8-14/h5-8,12H,4,9-11,15H2,1-3H3. The number of ether oxygens (including phenoxy) is 2. The van der Waals surface area contributed by atoms with Gasteiger partial charge < -0.3 is 15.2 Å². The number of methoxy groups -OCH3 is 1. The molecule has 0 spiro atoms. The molecule has 4 heteroatoms.